The van der Waals surface area contributed by atoms with Crippen LogP contribution in [0.2, 0.25) is 0 Å². The zero-order valence-electron chi connectivity index (χ0n) is 11.8. The minimum absolute atomic E-state index is 0.00601. The summed E-state index contributed by atoms with van der Waals surface area (Å²) in [5, 5.41) is 13.2. The highest BCUT2D eigenvalue weighted by atomic mass is 32.1. The van der Waals surface area contributed by atoms with Crippen LogP contribution in [0.3, 0.4) is 0 Å². The molecule has 6 heteroatoms. The topological polar surface area (TPSA) is 80.3 Å². The summed E-state index contributed by atoms with van der Waals surface area (Å²) in [5.74, 6) is 0.575. The number of nitrogens with two attached hydrogens (primary N) is 1. The average molecular weight is 283 g/mol. The van der Waals surface area contributed by atoms with Crippen LogP contribution in [0.5, 0.6) is 5.75 Å². The van der Waals surface area contributed by atoms with Crippen molar-refractivity contribution in [3.63, 3.8) is 0 Å². The third-order valence-electron chi connectivity index (χ3n) is 2.55. The monoisotopic (exact) mass is 283 g/mol. The summed E-state index contributed by atoms with van der Waals surface area (Å²) in [6, 6.07) is 2.27. The summed E-state index contributed by atoms with van der Waals surface area (Å²) in [5.41, 5.74) is 6.36. The number of nitrogen functional groups attached to an aromatic ring is 1. The Morgan fingerprint density at radius 2 is 2.16 bits per heavy atom. The highest BCUT2D eigenvalue weighted by Crippen LogP contribution is 2.43. The molecule has 1 unspecified atom stereocenters. The number of rotatable bonds is 7. The normalized spacial score (nSPS) is 12.2. The second kappa shape index (κ2) is 7.22. The molecule has 0 spiro atoms. The summed E-state index contributed by atoms with van der Waals surface area (Å²) >= 11 is 1.32. The van der Waals surface area contributed by atoms with Gasteiger partial charge in [-0.2, -0.15) is 5.26 Å². The van der Waals surface area contributed by atoms with Gasteiger partial charge in [0.1, 0.15) is 21.6 Å². The molecule has 1 aromatic heterocycles. The van der Waals surface area contributed by atoms with Crippen LogP contribution >= 0.6 is 11.3 Å². The maximum absolute atomic E-state index is 9.06. The molecule has 0 aliphatic heterocycles. The summed E-state index contributed by atoms with van der Waals surface area (Å²) < 4.78 is 10.9. The van der Waals surface area contributed by atoms with Gasteiger partial charge in [0.2, 0.25) is 0 Å². The number of nitrogens with one attached hydrogen (secondary N) is 1. The third-order valence-corrected chi connectivity index (χ3v) is 3.57. The van der Waals surface area contributed by atoms with Gasteiger partial charge in [-0.1, -0.05) is 6.92 Å². The predicted molar refractivity (Wildman–Crippen MR) is 78.8 cm³/mol. The van der Waals surface area contributed by atoms with E-state index >= 15 is 0 Å². The van der Waals surface area contributed by atoms with Gasteiger partial charge in [-0.15, -0.1) is 11.3 Å². The van der Waals surface area contributed by atoms with E-state index in [4.69, 9.17) is 20.5 Å². The Morgan fingerprint density at radius 1 is 1.47 bits per heavy atom. The molecular formula is C13H21N3O2S. The quantitative estimate of drug-likeness (QED) is 0.804. The summed E-state index contributed by atoms with van der Waals surface area (Å²) in [4.78, 5) is 0.477. The van der Waals surface area contributed by atoms with Gasteiger partial charge in [-0.05, 0) is 20.3 Å². The largest absolute Gasteiger partial charge is 0.486 e. The first-order valence-electron chi connectivity index (χ1n) is 6.27. The van der Waals surface area contributed by atoms with Gasteiger partial charge in [0.15, 0.2) is 5.75 Å². The minimum Gasteiger partial charge on any atom is -0.486 e. The van der Waals surface area contributed by atoms with E-state index < -0.39 is 0 Å². The van der Waals surface area contributed by atoms with E-state index in [1.54, 1.807) is 7.11 Å². The Labute approximate surface area is 118 Å². The van der Waals surface area contributed by atoms with Crippen molar-refractivity contribution < 1.29 is 9.47 Å². The van der Waals surface area contributed by atoms with Crippen LogP contribution in [0.25, 0.3) is 0 Å². The molecule has 0 bridgehead atoms. The molecule has 106 valence electrons. The van der Waals surface area contributed by atoms with E-state index in [0.717, 1.165) is 11.4 Å². The lowest BCUT2D eigenvalue weighted by molar-refractivity contribution is 0.184. The van der Waals surface area contributed by atoms with Gasteiger partial charge >= 0.3 is 0 Å². The molecule has 3 N–H and O–H groups in total. The summed E-state index contributed by atoms with van der Waals surface area (Å²) in [6.07, 6.45) is 0.917. The maximum Gasteiger partial charge on any atom is 0.178 e. The highest BCUT2D eigenvalue weighted by Gasteiger charge is 2.20. The molecule has 1 rings (SSSR count). The molecule has 0 amide bonds. The molecule has 1 aromatic rings. The van der Waals surface area contributed by atoms with Crippen LogP contribution in [-0.4, -0.2) is 25.9 Å². The Bertz CT molecular complexity index is 451. The Hall–Kier alpha value is -1.45. The maximum atomic E-state index is 9.06. The number of nitrogens with zero attached hydrogens (tertiary/aromatic N) is 1. The number of thiophene rings is 1. The van der Waals surface area contributed by atoms with Crippen LogP contribution in [0.15, 0.2) is 0 Å². The average Bonchev–Trinajstić information content (AvgIpc) is 2.66. The van der Waals surface area contributed by atoms with Crippen molar-refractivity contribution >= 4 is 22.0 Å². The molecule has 5 nitrogen and oxygen atoms in total. The highest BCUT2D eigenvalue weighted by molar-refractivity contribution is 7.17. The van der Waals surface area contributed by atoms with Crippen molar-refractivity contribution in [3.8, 4) is 11.8 Å². The van der Waals surface area contributed by atoms with Crippen molar-refractivity contribution in [2.75, 3.05) is 24.8 Å². The fourth-order valence-corrected chi connectivity index (χ4v) is 2.54. The Kier molecular flexibility index (Phi) is 5.93. The van der Waals surface area contributed by atoms with Gasteiger partial charge < -0.3 is 20.5 Å². The van der Waals surface area contributed by atoms with Crippen LogP contribution in [0.4, 0.5) is 10.7 Å². The summed E-state index contributed by atoms with van der Waals surface area (Å²) in [6.45, 7) is 6.53. The van der Waals surface area contributed by atoms with E-state index in [1.807, 2.05) is 13.8 Å². The molecule has 0 aromatic carbocycles. The number of anilines is 2. The van der Waals surface area contributed by atoms with Crippen molar-refractivity contribution in [1.29, 1.82) is 5.26 Å². The first-order chi connectivity index (χ1) is 9.03. The molecule has 0 saturated carbocycles. The Morgan fingerprint density at radius 3 is 2.63 bits per heavy atom. The number of hydrogen-bond donors (Lipinski definition) is 2. The van der Waals surface area contributed by atoms with Gasteiger partial charge in [-0.3, -0.25) is 0 Å². The van der Waals surface area contributed by atoms with Gasteiger partial charge in [-0.25, -0.2) is 0 Å². The van der Waals surface area contributed by atoms with Gasteiger partial charge in [0.25, 0.3) is 0 Å². The third kappa shape index (κ3) is 4.01. The van der Waals surface area contributed by atoms with Crippen LogP contribution < -0.4 is 15.8 Å². The smallest absolute Gasteiger partial charge is 0.178 e. The standard InChI is InChI=1S/C13H21N3O2S/c1-5-9(7-17-4)16-13-12(18-8(2)3)11(15)10(6-14)19-13/h8-9,16H,5,7,15H2,1-4H3. The van der Waals surface area contributed by atoms with E-state index in [9.17, 15) is 0 Å². The first-order valence-corrected chi connectivity index (χ1v) is 7.09. The lowest BCUT2D eigenvalue weighted by Crippen LogP contribution is -2.23. The molecule has 1 heterocycles. The SMILES string of the molecule is CCC(COC)Nc1sc(C#N)c(N)c1OC(C)C. The lowest BCUT2D eigenvalue weighted by Gasteiger charge is -2.18. The first kappa shape index (κ1) is 15.6. The van der Waals surface area contributed by atoms with Crippen molar-refractivity contribution in [3.05, 3.63) is 4.88 Å². The molecule has 0 saturated heterocycles. The Balaban J connectivity index is 3.01. The van der Waals surface area contributed by atoms with Crippen molar-refractivity contribution in [2.24, 2.45) is 0 Å². The van der Waals surface area contributed by atoms with Gasteiger partial charge in [0.05, 0.1) is 18.8 Å². The second-order valence-corrected chi connectivity index (χ2v) is 5.51. The van der Waals surface area contributed by atoms with Crippen LogP contribution in [0, 0.1) is 11.3 Å². The van der Waals surface area contributed by atoms with E-state index in [0.29, 0.717) is 22.9 Å². The molecule has 0 fully saturated rings. The molecule has 1 atom stereocenters. The summed E-state index contributed by atoms with van der Waals surface area (Å²) in [7, 11) is 1.67. The predicted octanol–water partition coefficient (Wildman–Crippen LogP) is 2.83. The van der Waals surface area contributed by atoms with E-state index in [-0.39, 0.29) is 12.1 Å². The van der Waals surface area contributed by atoms with Gasteiger partial charge in [0, 0.05) is 7.11 Å². The van der Waals surface area contributed by atoms with Crippen LogP contribution in [0.1, 0.15) is 32.1 Å². The molecule has 19 heavy (non-hydrogen) atoms. The van der Waals surface area contributed by atoms with E-state index in [1.165, 1.54) is 11.3 Å². The zero-order chi connectivity index (χ0) is 14.4. The van der Waals surface area contributed by atoms with Crippen LogP contribution in [-0.2, 0) is 4.74 Å². The van der Waals surface area contributed by atoms with Crippen molar-refractivity contribution in [2.45, 2.75) is 39.3 Å². The number of hydrogen-bond acceptors (Lipinski definition) is 6. The lowest BCUT2D eigenvalue weighted by atomic mass is 10.2. The van der Waals surface area contributed by atoms with E-state index in [2.05, 4.69) is 18.3 Å². The molecular weight excluding hydrogens is 262 g/mol. The number of methoxy groups -OCH3 is 1. The fourth-order valence-electron chi connectivity index (χ4n) is 1.61. The minimum atomic E-state index is 0.00601. The molecule has 0 aliphatic carbocycles. The van der Waals surface area contributed by atoms with Crippen molar-refractivity contribution in [1.82, 2.24) is 0 Å². The molecule has 0 aliphatic rings. The molecule has 0 radical (unpaired) electrons. The number of ether oxygens (including phenoxy) is 2. The fraction of sp³-hybridized carbons (Fsp3) is 0.615. The number of nitriles is 1. The zero-order valence-corrected chi connectivity index (χ0v) is 12.6. The second-order valence-electron chi connectivity index (χ2n) is 4.49.